The second kappa shape index (κ2) is 8.13. The standard InChI is InChI=1S/C17H19ClN2O2S/c1-11(13-5-7-14(18)8-6-13)19-17(22)10-15(20-12(2)21)16-4-3-9-23-16/h3-9,11,15H,10H2,1-2H3,(H,19,22)(H,20,21)/t11-,15-/m0/s1. The normalized spacial score (nSPS) is 13.2. The molecule has 0 saturated carbocycles. The largest absolute Gasteiger partial charge is 0.350 e. The third kappa shape index (κ3) is 5.37. The van der Waals surface area contributed by atoms with Gasteiger partial charge in [-0.25, -0.2) is 0 Å². The fraction of sp³-hybridized carbons (Fsp3) is 0.294. The molecular formula is C17H19ClN2O2S. The summed E-state index contributed by atoms with van der Waals surface area (Å²) in [5.41, 5.74) is 0.981. The molecule has 1 aromatic carbocycles. The van der Waals surface area contributed by atoms with Crippen molar-refractivity contribution in [2.24, 2.45) is 0 Å². The molecule has 2 amide bonds. The van der Waals surface area contributed by atoms with Crippen molar-refractivity contribution >= 4 is 34.8 Å². The van der Waals surface area contributed by atoms with Crippen LogP contribution in [0.2, 0.25) is 5.02 Å². The number of amides is 2. The smallest absolute Gasteiger partial charge is 0.222 e. The van der Waals surface area contributed by atoms with Crippen molar-refractivity contribution in [3.63, 3.8) is 0 Å². The second-order valence-corrected chi connectivity index (χ2v) is 6.73. The van der Waals surface area contributed by atoms with Crippen molar-refractivity contribution in [2.75, 3.05) is 0 Å². The van der Waals surface area contributed by atoms with Gasteiger partial charge in [-0.3, -0.25) is 9.59 Å². The molecule has 1 heterocycles. The van der Waals surface area contributed by atoms with Crippen molar-refractivity contribution in [3.8, 4) is 0 Å². The van der Waals surface area contributed by atoms with Gasteiger partial charge in [0.25, 0.3) is 0 Å². The minimum atomic E-state index is -0.301. The van der Waals surface area contributed by atoms with Gasteiger partial charge in [0.1, 0.15) is 0 Å². The molecule has 0 saturated heterocycles. The summed E-state index contributed by atoms with van der Waals surface area (Å²) < 4.78 is 0. The summed E-state index contributed by atoms with van der Waals surface area (Å²) in [5, 5.41) is 8.37. The first-order valence-corrected chi connectivity index (χ1v) is 8.57. The molecule has 23 heavy (non-hydrogen) atoms. The van der Waals surface area contributed by atoms with Crippen LogP contribution in [0.25, 0.3) is 0 Å². The Balaban J connectivity index is 1.98. The molecule has 0 aliphatic heterocycles. The molecule has 0 radical (unpaired) electrons. The zero-order chi connectivity index (χ0) is 16.8. The van der Waals surface area contributed by atoms with Gasteiger partial charge < -0.3 is 10.6 Å². The molecule has 0 aliphatic carbocycles. The molecule has 0 spiro atoms. The van der Waals surface area contributed by atoms with Gasteiger partial charge in [0.05, 0.1) is 18.5 Å². The van der Waals surface area contributed by atoms with Gasteiger partial charge >= 0.3 is 0 Å². The lowest BCUT2D eigenvalue weighted by Crippen LogP contribution is -2.33. The van der Waals surface area contributed by atoms with Gasteiger partial charge in [-0.05, 0) is 36.1 Å². The van der Waals surface area contributed by atoms with Crippen LogP contribution in [-0.2, 0) is 9.59 Å². The van der Waals surface area contributed by atoms with Crippen molar-refractivity contribution in [1.29, 1.82) is 0 Å². The Labute approximate surface area is 144 Å². The zero-order valence-corrected chi connectivity index (χ0v) is 14.6. The monoisotopic (exact) mass is 350 g/mol. The number of benzene rings is 1. The first-order valence-electron chi connectivity index (χ1n) is 7.31. The summed E-state index contributed by atoms with van der Waals surface area (Å²) in [5.74, 6) is -0.262. The average Bonchev–Trinajstić information content (AvgIpc) is 3.00. The van der Waals surface area contributed by atoms with Crippen molar-refractivity contribution < 1.29 is 9.59 Å². The summed E-state index contributed by atoms with van der Waals surface area (Å²) >= 11 is 7.39. The van der Waals surface area contributed by atoms with E-state index in [0.717, 1.165) is 10.4 Å². The maximum atomic E-state index is 12.3. The third-order valence-electron chi connectivity index (χ3n) is 3.40. The molecule has 122 valence electrons. The van der Waals surface area contributed by atoms with E-state index in [9.17, 15) is 9.59 Å². The summed E-state index contributed by atoms with van der Waals surface area (Å²) in [6.45, 7) is 3.37. The number of rotatable bonds is 6. The lowest BCUT2D eigenvalue weighted by molar-refractivity contribution is -0.123. The molecule has 2 aromatic rings. The van der Waals surface area contributed by atoms with Gasteiger partial charge in [0.15, 0.2) is 0 Å². The number of carbonyl (C=O) groups is 2. The van der Waals surface area contributed by atoms with Crippen LogP contribution in [0.15, 0.2) is 41.8 Å². The van der Waals surface area contributed by atoms with E-state index in [2.05, 4.69) is 10.6 Å². The Hall–Kier alpha value is -1.85. The molecule has 2 atom stereocenters. The Bertz CT molecular complexity index is 656. The third-order valence-corrected chi connectivity index (χ3v) is 4.64. The molecule has 6 heteroatoms. The number of hydrogen-bond donors (Lipinski definition) is 2. The van der Waals surface area contributed by atoms with Crippen molar-refractivity contribution in [2.45, 2.75) is 32.4 Å². The van der Waals surface area contributed by atoms with E-state index in [1.54, 1.807) is 12.1 Å². The van der Waals surface area contributed by atoms with Crippen LogP contribution >= 0.6 is 22.9 Å². The Kier molecular flexibility index (Phi) is 6.19. The van der Waals surface area contributed by atoms with Crippen molar-refractivity contribution in [3.05, 3.63) is 57.2 Å². The van der Waals surface area contributed by atoms with Crippen molar-refractivity contribution in [1.82, 2.24) is 10.6 Å². The second-order valence-electron chi connectivity index (χ2n) is 5.31. The van der Waals surface area contributed by atoms with Gasteiger partial charge in [-0.15, -0.1) is 11.3 Å². The number of carbonyl (C=O) groups excluding carboxylic acids is 2. The highest BCUT2D eigenvalue weighted by atomic mass is 35.5. The van der Waals surface area contributed by atoms with E-state index in [1.165, 1.54) is 18.3 Å². The molecular weight excluding hydrogens is 332 g/mol. The lowest BCUT2D eigenvalue weighted by Gasteiger charge is -2.19. The van der Waals surface area contributed by atoms with Crippen LogP contribution in [0.1, 0.15) is 42.8 Å². The average molecular weight is 351 g/mol. The predicted molar refractivity (Wildman–Crippen MR) is 93.5 cm³/mol. The quantitative estimate of drug-likeness (QED) is 0.831. The predicted octanol–water partition coefficient (Wildman–Crippen LogP) is 3.85. The highest BCUT2D eigenvalue weighted by molar-refractivity contribution is 7.10. The SMILES string of the molecule is CC(=O)N[C@@H](CC(=O)N[C@@H](C)c1ccc(Cl)cc1)c1cccs1. The fourth-order valence-electron chi connectivity index (χ4n) is 2.28. The van der Waals surface area contributed by atoms with Crippen LogP contribution in [0.5, 0.6) is 0 Å². The molecule has 4 nitrogen and oxygen atoms in total. The topological polar surface area (TPSA) is 58.2 Å². The van der Waals surface area contributed by atoms with Gasteiger partial charge in [0.2, 0.25) is 11.8 Å². The zero-order valence-electron chi connectivity index (χ0n) is 13.0. The summed E-state index contributed by atoms with van der Waals surface area (Å²) in [4.78, 5) is 24.6. The molecule has 2 rings (SSSR count). The lowest BCUT2D eigenvalue weighted by atomic mass is 10.1. The van der Waals surface area contributed by atoms with E-state index >= 15 is 0 Å². The van der Waals surface area contributed by atoms with Crippen LogP contribution in [0.3, 0.4) is 0 Å². The summed E-state index contributed by atoms with van der Waals surface area (Å²) in [6, 6.07) is 10.8. The highest BCUT2D eigenvalue weighted by Gasteiger charge is 2.19. The fourth-order valence-corrected chi connectivity index (χ4v) is 3.18. The van der Waals surface area contributed by atoms with E-state index < -0.39 is 0 Å². The molecule has 2 N–H and O–H groups in total. The Morgan fingerprint density at radius 2 is 1.87 bits per heavy atom. The highest BCUT2D eigenvalue weighted by Crippen LogP contribution is 2.23. The molecule has 1 aromatic heterocycles. The maximum absolute atomic E-state index is 12.3. The molecule has 0 unspecified atom stereocenters. The first kappa shape index (κ1) is 17.5. The first-order chi connectivity index (χ1) is 11.0. The minimum absolute atomic E-state index is 0.111. The van der Waals surface area contributed by atoms with Crippen LogP contribution in [0.4, 0.5) is 0 Å². The number of hydrogen-bond acceptors (Lipinski definition) is 3. The van der Waals surface area contributed by atoms with E-state index in [-0.39, 0.29) is 30.3 Å². The molecule has 0 aliphatic rings. The Morgan fingerprint density at radius 3 is 2.43 bits per heavy atom. The van der Waals surface area contributed by atoms with Gasteiger partial charge in [0, 0.05) is 16.8 Å². The van der Waals surface area contributed by atoms with E-state index in [0.29, 0.717) is 5.02 Å². The van der Waals surface area contributed by atoms with Crippen LogP contribution in [-0.4, -0.2) is 11.8 Å². The van der Waals surface area contributed by atoms with Crippen LogP contribution < -0.4 is 10.6 Å². The number of halogens is 1. The minimum Gasteiger partial charge on any atom is -0.350 e. The number of nitrogens with one attached hydrogen (secondary N) is 2. The maximum Gasteiger partial charge on any atom is 0.222 e. The molecule has 0 fully saturated rings. The Morgan fingerprint density at radius 1 is 1.17 bits per heavy atom. The summed E-state index contributed by atoms with van der Waals surface area (Å²) in [6.07, 6.45) is 0.206. The molecule has 0 bridgehead atoms. The van der Waals surface area contributed by atoms with E-state index in [4.69, 9.17) is 11.6 Å². The van der Waals surface area contributed by atoms with Gasteiger partial charge in [-0.2, -0.15) is 0 Å². The van der Waals surface area contributed by atoms with Crippen LogP contribution in [0, 0.1) is 0 Å². The van der Waals surface area contributed by atoms with E-state index in [1.807, 2.05) is 36.6 Å². The van der Waals surface area contributed by atoms with Gasteiger partial charge in [-0.1, -0.05) is 29.8 Å². The summed E-state index contributed by atoms with van der Waals surface area (Å²) in [7, 11) is 0. The number of thiophene rings is 1.